The fourth-order valence-electron chi connectivity index (χ4n) is 9.13. The summed E-state index contributed by atoms with van der Waals surface area (Å²) in [7, 11) is 0. The molecule has 264 valence electrons. The molecule has 0 atom stereocenters. The standard InChI is InChI=1S/C54H32N2O/c1-2-16-38-37(15-1)43(29-30-44(38)48-26-12-27-49-45-19-7-8-28-51(45)57-54(48)49)40-25-11-23-36-35(22-10-24-39(36)40)33-13-9-14-34(31-33)50-32-55-52-46-20-5-3-17-41(46)42-18-4-6-21-47(42)53(52)56-50/h1-32H. The quantitative estimate of drug-likeness (QED) is 0.170. The molecule has 3 nitrogen and oxygen atoms in total. The molecule has 2 heterocycles. The summed E-state index contributed by atoms with van der Waals surface area (Å²) in [6.07, 6.45) is 1.92. The predicted octanol–water partition coefficient (Wildman–Crippen LogP) is 14.8. The van der Waals surface area contributed by atoms with Crippen LogP contribution in [0.4, 0.5) is 0 Å². The maximum Gasteiger partial charge on any atom is 0.143 e. The van der Waals surface area contributed by atoms with Crippen LogP contribution in [-0.4, -0.2) is 9.97 Å². The zero-order chi connectivity index (χ0) is 37.5. The Morgan fingerprint density at radius 3 is 1.51 bits per heavy atom. The SMILES string of the molecule is c1cc(-c2cnc3c4ccccc4c4ccccc4c3n2)cc(-c2cccc3c(-c4ccc(-c5cccc6c5oc5ccccc56)c5ccccc45)cccc23)c1. The first-order valence-electron chi connectivity index (χ1n) is 19.4. The summed E-state index contributed by atoms with van der Waals surface area (Å²) >= 11 is 0. The lowest BCUT2D eigenvalue weighted by molar-refractivity contribution is 0.670. The normalized spacial score (nSPS) is 11.9. The second-order valence-electron chi connectivity index (χ2n) is 14.8. The maximum absolute atomic E-state index is 6.50. The molecule has 0 radical (unpaired) electrons. The number of para-hydroxylation sites is 2. The van der Waals surface area contributed by atoms with E-state index in [0.717, 1.165) is 71.7 Å². The molecule has 0 bridgehead atoms. The fraction of sp³-hybridized carbons (Fsp3) is 0. The van der Waals surface area contributed by atoms with Crippen LogP contribution in [0.2, 0.25) is 0 Å². The smallest absolute Gasteiger partial charge is 0.143 e. The Hall–Kier alpha value is -7.62. The summed E-state index contributed by atoms with van der Waals surface area (Å²) in [5.41, 5.74) is 12.6. The van der Waals surface area contributed by atoms with Crippen molar-refractivity contribution < 1.29 is 4.42 Å². The molecular weight excluding hydrogens is 693 g/mol. The van der Waals surface area contributed by atoms with Gasteiger partial charge in [-0.15, -0.1) is 0 Å². The number of fused-ring (bicyclic) bond motifs is 11. The highest BCUT2D eigenvalue weighted by molar-refractivity contribution is 6.23. The average molecular weight is 725 g/mol. The molecule has 0 N–H and O–H groups in total. The third kappa shape index (κ3) is 4.86. The molecule has 0 unspecified atom stereocenters. The molecule has 0 aliphatic carbocycles. The van der Waals surface area contributed by atoms with Crippen molar-refractivity contribution in [3.05, 3.63) is 194 Å². The summed E-state index contributed by atoms with van der Waals surface area (Å²) in [4.78, 5) is 10.3. The van der Waals surface area contributed by atoms with Crippen molar-refractivity contribution in [2.24, 2.45) is 0 Å². The van der Waals surface area contributed by atoms with Crippen molar-refractivity contribution in [1.82, 2.24) is 9.97 Å². The Kier molecular flexibility index (Phi) is 6.93. The molecule has 10 aromatic carbocycles. The molecule has 0 amide bonds. The van der Waals surface area contributed by atoms with Gasteiger partial charge in [-0.2, -0.15) is 0 Å². The van der Waals surface area contributed by atoms with Crippen LogP contribution in [0.25, 0.3) is 121 Å². The van der Waals surface area contributed by atoms with E-state index in [1.54, 1.807) is 0 Å². The Morgan fingerprint density at radius 2 is 0.789 bits per heavy atom. The topological polar surface area (TPSA) is 38.9 Å². The molecule has 0 spiro atoms. The van der Waals surface area contributed by atoms with Gasteiger partial charge in [0, 0.05) is 32.7 Å². The summed E-state index contributed by atoms with van der Waals surface area (Å²) < 4.78 is 6.50. The Bertz CT molecular complexity index is 3560. The second-order valence-corrected chi connectivity index (χ2v) is 14.8. The molecule has 0 aliphatic rings. The maximum atomic E-state index is 6.50. The van der Waals surface area contributed by atoms with Gasteiger partial charge in [0.15, 0.2) is 0 Å². The van der Waals surface area contributed by atoms with Gasteiger partial charge < -0.3 is 4.42 Å². The van der Waals surface area contributed by atoms with Gasteiger partial charge in [0.2, 0.25) is 0 Å². The van der Waals surface area contributed by atoms with E-state index in [1.807, 2.05) is 18.3 Å². The first-order valence-corrected chi connectivity index (χ1v) is 19.4. The minimum Gasteiger partial charge on any atom is -0.455 e. The zero-order valence-electron chi connectivity index (χ0n) is 30.8. The van der Waals surface area contributed by atoms with Crippen molar-refractivity contribution in [1.29, 1.82) is 0 Å². The second kappa shape index (κ2) is 12.5. The lowest BCUT2D eigenvalue weighted by Gasteiger charge is -2.16. The third-order valence-corrected chi connectivity index (χ3v) is 11.7. The zero-order valence-corrected chi connectivity index (χ0v) is 30.8. The van der Waals surface area contributed by atoms with Crippen LogP contribution in [-0.2, 0) is 0 Å². The van der Waals surface area contributed by atoms with Gasteiger partial charge in [0.1, 0.15) is 11.2 Å². The Labute approximate surface area is 328 Å². The molecule has 3 heteroatoms. The van der Waals surface area contributed by atoms with Gasteiger partial charge >= 0.3 is 0 Å². The van der Waals surface area contributed by atoms with Gasteiger partial charge in [-0.05, 0) is 72.3 Å². The lowest BCUT2D eigenvalue weighted by Crippen LogP contribution is -1.92. The largest absolute Gasteiger partial charge is 0.455 e. The molecule has 0 fully saturated rings. The third-order valence-electron chi connectivity index (χ3n) is 11.7. The molecular formula is C54H32N2O. The monoisotopic (exact) mass is 724 g/mol. The first kappa shape index (κ1) is 31.7. The van der Waals surface area contributed by atoms with Crippen LogP contribution in [0, 0.1) is 0 Å². The van der Waals surface area contributed by atoms with Crippen LogP contribution in [0.15, 0.2) is 199 Å². The first-order chi connectivity index (χ1) is 28.3. The molecule has 0 aliphatic heterocycles. The summed E-state index contributed by atoms with van der Waals surface area (Å²) in [5.74, 6) is 0. The van der Waals surface area contributed by atoms with Gasteiger partial charge in [0.05, 0.1) is 22.9 Å². The predicted molar refractivity (Wildman–Crippen MR) is 239 cm³/mol. The summed E-state index contributed by atoms with van der Waals surface area (Å²) in [6.45, 7) is 0. The number of rotatable bonds is 4. The highest BCUT2D eigenvalue weighted by Crippen LogP contribution is 2.43. The van der Waals surface area contributed by atoms with Crippen molar-refractivity contribution in [3.8, 4) is 44.6 Å². The average Bonchev–Trinajstić information content (AvgIpc) is 3.67. The van der Waals surface area contributed by atoms with E-state index in [9.17, 15) is 0 Å². The van der Waals surface area contributed by atoms with Crippen molar-refractivity contribution in [2.45, 2.75) is 0 Å². The minimum absolute atomic E-state index is 0.857. The number of furan rings is 1. The number of hydrogen-bond acceptors (Lipinski definition) is 3. The number of aromatic nitrogens is 2. The van der Waals surface area contributed by atoms with Crippen molar-refractivity contribution in [2.75, 3.05) is 0 Å². The lowest BCUT2D eigenvalue weighted by atomic mass is 9.88. The number of hydrogen-bond donors (Lipinski definition) is 0. The van der Waals surface area contributed by atoms with Crippen molar-refractivity contribution >= 4 is 76.1 Å². The molecule has 0 saturated heterocycles. The van der Waals surface area contributed by atoms with Gasteiger partial charge in [-0.25, -0.2) is 4.98 Å². The van der Waals surface area contributed by atoms with E-state index in [2.05, 4.69) is 176 Å². The van der Waals surface area contributed by atoms with Crippen LogP contribution in [0.3, 0.4) is 0 Å². The van der Waals surface area contributed by atoms with Crippen LogP contribution in [0.1, 0.15) is 0 Å². The highest BCUT2D eigenvalue weighted by Gasteiger charge is 2.18. The molecule has 12 aromatic rings. The van der Waals surface area contributed by atoms with Gasteiger partial charge in [-0.1, -0.05) is 176 Å². The van der Waals surface area contributed by atoms with E-state index in [-0.39, 0.29) is 0 Å². The van der Waals surface area contributed by atoms with Crippen molar-refractivity contribution in [3.63, 3.8) is 0 Å². The van der Waals surface area contributed by atoms with Gasteiger partial charge in [0.25, 0.3) is 0 Å². The van der Waals surface area contributed by atoms with E-state index in [0.29, 0.717) is 0 Å². The van der Waals surface area contributed by atoms with E-state index in [1.165, 1.54) is 49.0 Å². The van der Waals surface area contributed by atoms with Crippen LogP contribution in [0.5, 0.6) is 0 Å². The van der Waals surface area contributed by atoms with E-state index >= 15 is 0 Å². The Morgan fingerprint density at radius 1 is 0.316 bits per heavy atom. The van der Waals surface area contributed by atoms with Crippen LogP contribution < -0.4 is 0 Å². The highest BCUT2D eigenvalue weighted by atomic mass is 16.3. The molecule has 2 aromatic heterocycles. The summed E-state index contributed by atoms with van der Waals surface area (Å²) in [6, 6.07) is 67.1. The molecule has 0 saturated carbocycles. The Balaban J connectivity index is 0.988. The minimum atomic E-state index is 0.857. The van der Waals surface area contributed by atoms with Gasteiger partial charge in [-0.3, -0.25) is 4.98 Å². The van der Waals surface area contributed by atoms with E-state index < -0.39 is 0 Å². The number of nitrogens with zero attached hydrogens (tertiary/aromatic N) is 2. The summed E-state index contributed by atoms with van der Waals surface area (Å²) in [5, 5.41) is 11.7. The van der Waals surface area contributed by atoms with E-state index in [4.69, 9.17) is 14.4 Å². The number of benzene rings is 10. The molecule has 12 rings (SSSR count). The van der Waals surface area contributed by atoms with Crippen LogP contribution >= 0.6 is 0 Å². The molecule has 57 heavy (non-hydrogen) atoms. The fourth-order valence-corrected chi connectivity index (χ4v) is 9.13.